The molecule has 0 fully saturated rings. The molecule has 214 valence electrons. The number of aromatic nitrogens is 1. The lowest BCUT2D eigenvalue weighted by Gasteiger charge is -2.31. The molecule has 0 radical (unpaired) electrons. The summed E-state index contributed by atoms with van der Waals surface area (Å²) in [6.07, 6.45) is 1.95. The highest BCUT2D eigenvalue weighted by Gasteiger charge is 2.27. The fourth-order valence-electron chi connectivity index (χ4n) is 4.63. The number of carbonyl (C=O) groups is 2. The molecule has 0 atom stereocenters. The molecule has 0 bridgehead atoms. The van der Waals surface area contributed by atoms with E-state index >= 15 is 0 Å². The SMILES string of the molecule is COc1ccc(C(=O)N(CC(=O)N(Cc2ccccc2)Cc2cccn2Cc2ccc(F)cc2)C(C)C)c(OC)c1. The minimum absolute atomic E-state index is 0.100. The summed E-state index contributed by atoms with van der Waals surface area (Å²) >= 11 is 0. The van der Waals surface area contributed by atoms with Gasteiger partial charge < -0.3 is 23.8 Å². The highest BCUT2D eigenvalue weighted by molar-refractivity contribution is 5.99. The molecular formula is C33H36FN3O4. The van der Waals surface area contributed by atoms with Gasteiger partial charge in [0.1, 0.15) is 23.9 Å². The molecule has 4 rings (SSSR count). The predicted octanol–water partition coefficient (Wildman–Crippen LogP) is 5.77. The number of hydrogen-bond acceptors (Lipinski definition) is 4. The molecule has 0 unspecified atom stereocenters. The van der Waals surface area contributed by atoms with Crippen LogP contribution < -0.4 is 9.47 Å². The van der Waals surface area contributed by atoms with Gasteiger partial charge in [0.15, 0.2) is 0 Å². The Kier molecular flexibility index (Phi) is 9.79. The Labute approximate surface area is 240 Å². The van der Waals surface area contributed by atoms with Crippen LogP contribution in [-0.4, -0.2) is 53.0 Å². The van der Waals surface area contributed by atoms with Crippen LogP contribution in [0, 0.1) is 5.82 Å². The van der Waals surface area contributed by atoms with Crippen molar-refractivity contribution in [1.29, 1.82) is 0 Å². The van der Waals surface area contributed by atoms with Crippen LogP contribution in [0.5, 0.6) is 11.5 Å². The van der Waals surface area contributed by atoms with E-state index in [1.54, 1.807) is 47.2 Å². The maximum Gasteiger partial charge on any atom is 0.258 e. The van der Waals surface area contributed by atoms with E-state index < -0.39 is 0 Å². The molecule has 2 amide bonds. The lowest BCUT2D eigenvalue weighted by atomic mass is 10.1. The molecule has 1 heterocycles. The number of halogens is 1. The average molecular weight is 558 g/mol. The van der Waals surface area contributed by atoms with Crippen LogP contribution in [0.1, 0.15) is 41.0 Å². The minimum Gasteiger partial charge on any atom is -0.497 e. The lowest BCUT2D eigenvalue weighted by molar-refractivity contribution is -0.133. The zero-order valence-corrected chi connectivity index (χ0v) is 23.9. The van der Waals surface area contributed by atoms with Gasteiger partial charge in [0.25, 0.3) is 5.91 Å². The molecule has 1 aromatic heterocycles. The summed E-state index contributed by atoms with van der Waals surface area (Å²) in [6, 6.07) is 24.9. The molecule has 0 saturated heterocycles. The molecule has 7 nitrogen and oxygen atoms in total. The molecule has 0 N–H and O–H groups in total. The Balaban J connectivity index is 1.58. The van der Waals surface area contributed by atoms with Crippen molar-refractivity contribution in [1.82, 2.24) is 14.4 Å². The summed E-state index contributed by atoms with van der Waals surface area (Å²) in [7, 11) is 3.05. The van der Waals surface area contributed by atoms with Crippen molar-refractivity contribution < 1.29 is 23.5 Å². The summed E-state index contributed by atoms with van der Waals surface area (Å²) in [5, 5.41) is 0. The van der Waals surface area contributed by atoms with Gasteiger partial charge in [0.2, 0.25) is 5.91 Å². The van der Waals surface area contributed by atoms with Gasteiger partial charge in [-0.15, -0.1) is 0 Å². The number of benzene rings is 3. The fraction of sp³-hybridized carbons (Fsp3) is 0.273. The van der Waals surface area contributed by atoms with Crippen molar-refractivity contribution in [2.45, 2.75) is 39.5 Å². The molecule has 3 aromatic carbocycles. The van der Waals surface area contributed by atoms with Gasteiger partial charge in [-0.1, -0.05) is 42.5 Å². The van der Waals surface area contributed by atoms with Gasteiger partial charge in [-0.25, -0.2) is 4.39 Å². The Morgan fingerprint density at radius 1 is 0.854 bits per heavy atom. The average Bonchev–Trinajstić information content (AvgIpc) is 3.42. The summed E-state index contributed by atoms with van der Waals surface area (Å²) < 4.78 is 26.2. The zero-order valence-electron chi connectivity index (χ0n) is 23.9. The molecule has 4 aromatic rings. The third kappa shape index (κ3) is 7.54. The number of methoxy groups -OCH3 is 2. The number of ether oxygens (including phenoxy) is 2. The first-order chi connectivity index (χ1) is 19.8. The van der Waals surface area contributed by atoms with Gasteiger partial charge in [0, 0.05) is 37.1 Å². The molecule has 41 heavy (non-hydrogen) atoms. The van der Waals surface area contributed by atoms with Crippen molar-refractivity contribution >= 4 is 11.8 Å². The van der Waals surface area contributed by atoms with Crippen LogP contribution in [0.2, 0.25) is 0 Å². The first-order valence-corrected chi connectivity index (χ1v) is 13.5. The van der Waals surface area contributed by atoms with E-state index in [-0.39, 0.29) is 30.2 Å². The predicted molar refractivity (Wildman–Crippen MR) is 156 cm³/mol. The van der Waals surface area contributed by atoms with Crippen molar-refractivity contribution in [3.8, 4) is 11.5 Å². The van der Waals surface area contributed by atoms with Crippen LogP contribution in [0.4, 0.5) is 4.39 Å². The summed E-state index contributed by atoms with van der Waals surface area (Å²) in [5.74, 6) is 0.193. The van der Waals surface area contributed by atoms with E-state index in [9.17, 15) is 14.0 Å². The van der Waals surface area contributed by atoms with Crippen molar-refractivity contribution in [3.63, 3.8) is 0 Å². The second-order valence-corrected chi connectivity index (χ2v) is 10.1. The molecule has 0 spiro atoms. The van der Waals surface area contributed by atoms with Crippen LogP contribution in [0.15, 0.2) is 91.1 Å². The van der Waals surface area contributed by atoms with Gasteiger partial charge in [-0.2, -0.15) is 0 Å². The Morgan fingerprint density at radius 2 is 1.59 bits per heavy atom. The Hall–Kier alpha value is -4.59. The quantitative estimate of drug-likeness (QED) is 0.222. The Bertz CT molecular complexity index is 1450. The normalized spacial score (nSPS) is 10.9. The van der Waals surface area contributed by atoms with Gasteiger partial charge in [0.05, 0.1) is 26.3 Å². The molecule has 0 saturated carbocycles. The fourth-order valence-corrected chi connectivity index (χ4v) is 4.63. The molecule has 8 heteroatoms. The number of amides is 2. The Morgan fingerprint density at radius 3 is 2.24 bits per heavy atom. The van der Waals surface area contributed by atoms with Gasteiger partial charge in [-0.3, -0.25) is 9.59 Å². The molecule has 0 aliphatic rings. The first kappa shape index (κ1) is 29.4. The van der Waals surface area contributed by atoms with Crippen LogP contribution in [0.25, 0.3) is 0 Å². The third-order valence-electron chi connectivity index (χ3n) is 6.94. The van der Waals surface area contributed by atoms with Crippen LogP contribution in [-0.2, 0) is 24.4 Å². The minimum atomic E-state index is -0.299. The highest BCUT2D eigenvalue weighted by atomic mass is 19.1. The number of nitrogens with zero attached hydrogens (tertiary/aromatic N) is 3. The molecule has 0 aliphatic heterocycles. The number of carbonyl (C=O) groups excluding carboxylic acids is 2. The van der Waals surface area contributed by atoms with Crippen molar-refractivity contribution in [3.05, 3.63) is 119 Å². The third-order valence-corrected chi connectivity index (χ3v) is 6.94. The summed E-state index contributed by atoms with van der Waals surface area (Å²) in [4.78, 5) is 30.9. The van der Waals surface area contributed by atoms with Crippen molar-refractivity contribution in [2.24, 2.45) is 0 Å². The summed E-state index contributed by atoms with van der Waals surface area (Å²) in [5.41, 5.74) is 3.22. The van der Waals surface area contributed by atoms with Gasteiger partial charge >= 0.3 is 0 Å². The maximum absolute atomic E-state index is 13.9. The van der Waals surface area contributed by atoms with E-state index in [0.29, 0.717) is 36.7 Å². The molecular weight excluding hydrogens is 521 g/mol. The van der Waals surface area contributed by atoms with E-state index in [1.807, 2.05) is 67.1 Å². The highest BCUT2D eigenvalue weighted by Crippen LogP contribution is 2.26. The monoisotopic (exact) mass is 557 g/mol. The second-order valence-electron chi connectivity index (χ2n) is 10.1. The zero-order chi connectivity index (χ0) is 29.4. The lowest BCUT2D eigenvalue weighted by Crippen LogP contribution is -2.45. The largest absolute Gasteiger partial charge is 0.497 e. The first-order valence-electron chi connectivity index (χ1n) is 13.5. The van der Waals surface area contributed by atoms with E-state index in [1.165, 1.54) is 19.2 Å². The standard InChI is InChI=1S/C33H36FN3O4/c1-24(2)37(33(39)30-17-16-29(40-3)19-31(30)41-4)23-32(38)36(21-25-9-6-5-7-10-25)22-28-11-8-18-35(28)20-26-12-14-27(34)15-13-26/h5-19,24H,20-23H2,1-4H3. The topological polar surface area (TPSA) is 64.0 Å². The van der Waals surface area contributed by atoms with E-state index in [4.69, 9.17) is 9.47 Å². The second kappa shape index (κ2) is 13.7. The number of rotatable bonds is 12. The van der Waals surface area contributed by atoms with Crippen molar-refractivity contribution in [2.75, 3.05) is 20.8 Å². The van der Waals surface area contributed by atoms with Crippen LogP contribution in [0.3, 0.4) is 0 Å². The molecule has 0 aliphatic carbocycles. The number of hydrogen-bond donors (Lipinski definition) is 0. The smallest absolute Gasteiger partial charge is 0.258 e. The summed E-state index contributed by atoms with van der Waals surface area (Å²) in [6.45, 7) is 4.94. The maximum atomic E-state index is 13.9. The van der Waals surface area contributed by atoms with Gasteiger partial charge in [-0.05, 0) is 61.4 Å². The van der Waals surface area contributed by atoms with Crippen LogP contribution >= 0.6 is 0 Å². The van der Waals surface area contributed by atoms with E-state index in [0.717, 1.165) is 16.8 Å². The van der Waals surface area contributed by atoms with E-state index in [2.05, 4.69) is 0 Å².